The second kappa shape index (κ2) is 7.59. The Balaban J connectivity index is 1.70. The van der Waals surface area contributed by atoms with Crippen LogP contribution in [0.15, 0.2) is 0 Å². The molecule has 2 rings (SSSR count). The van der Waals surface area contributed by atoms with Gasteiger partial charge in [-0.05, 0) is 70.9 Å². The number of piperidine rings is 1. The second-order valence-electron chi connectivity index (χ2n) is 7.25. The van der Waals surface area contributed by atoms with E-state index in [9.17, 15) is 4.79 Å². The van der Waals surface area contributed by atoms with Crippen LogP contribution < -0.4 is 5.32 Å². The fourth-order valence-electron chi connectivity index (χ4n) is 3.44. The molecule has 2 atom stereocenters. The van der Waals surface area contributed by atoms with Gasteiger partial charge < -0.3 is 9.64 Å². The lowest BCUT2D eigenvalue weighted by Crippen LogP contribution is -2.51. The SMILES string of the molecule is COC(=O)C(C)(CCCCN1CCCC(C)C1)NC1CC1. The number of methoxy groups -OCH3 is 1. The molecule has 4 heteroatoms. The number of likely N-dealkylation sites (tertiary alicyclic amines) is 1. The van der Waals surface area contributed by atoms with Crippen molar-refractivity contribution in [1.29, 1.82) is 0 Å². The predicted octanol–water partition coefficient (Wildman–Crippen LogP) is 2.57. The summed E-state index contributed by atoms with van der Waals surface area (Å²) < 4.78 is 4.99. The van der Waals surface area contributed by atoms with Gasteiger partial charge in [0.15, 0.2) is 0 Å². The van der Waals surface area contributed by atoms with Crippen molar-refractivity contribution >= 4 is 5.97 Å². The number of unbranched alkanes of at least 4 members (excludes halogenated alkanes) is 1. The van der Waals surface area contributed by atoms with Crippen LogP contribution >= 0.6 is 0 Å². The molecule has 0 spiro atoms. The van der Waals surface area contributed by atoms with E-state index in [1.54, 1.807) is 0 Å². The van der Waals surface area contributed by atoms with E-state index in [-0.39, 0.29) is 5.97 Å². The number of carbonyl (C=O) groups excluding carboxylic acids is 1. The minimum atomic E-state index is -0.495. The van der Waals surface area contributed by atoms with Gasteiger partial charge in [0.05, 0.1) is 7.11 Å². The first-order valence-corrected chi connectivity index (χ1v) is 8.62. The van der Waals surface area contributed by atoms with Crippen LogP contribution in [0, 0.1) is 5.92 Å². The van der Waals surface area contributed by atoms with Gasteiger partial charge in [-0.25, -0.2) is 0 Å². The summed E-state index contributed by atoms with van der Waals surface area (Å²) in [6.45, 7) is 8.01. The van der Waals surface area contributed by atoms with Gasteiger partial charge in [-0.1, -0.05) is 6.92 Å². The smallest absolute Gasteiger partial charge is 0.325 e. The van der Waals surface area contributed by atoms with Crippen LogP contribution in [0.1, 0.15) is 58.8 Å². The highest BCUT2D eigenvalue weighted by Crippen LogP contribution is 2.26. The molecule has 1 aliphatic carbocycles. The molecular weight excluding hydrogens is 264 g/mol. The normalized spacial score (nSPS) is 26.3. The molecule has 2 aliphatic rings. The molecule has 2 unspecified atom stereocenters. The van der Waals surface area contributed by atoms with Gasteiger partial charge in [-0.15, -0.1) is 0 Å². The predicted molar refractivity (Wildman–Crippen MR) is 85.3 cm³/mol. The van der Waals surface area contributed by atoms with Gasteiger partial charge in [0.25, 0.3) is 0 Å². The Labute approximate surface area is 129 Å². The Morgan fingerprint density at radius 3 is 2.71 bits per heavy atom. The van der Waals surface area contributed by atoms with Crippen LogP contribution in [0.25, 0.3) is 0 Å². The number of ether oxygens (including phenoxy) is 1. The average molecular weight is 296 g/mol. The Kier molecular flexibility index (Phi) is 6.06. The van der Waals surface area contributed by atoms with Crippen LogP contribution in [-0.2, 0) is 9.53 Å². The highest BCUT2D eigenvalue weighted by atomic mass is 16.5. The third kappa shape index (κ3) is 5.26. The minimum Gasteiger partial charge on any atom is -0.468 e. The van der Waals surface area contributed by atoms with Crippen LogP contribution in [0.2, 0.25) is 0 Å². The molecule has 1 saturated carbocycles. The third-order valence-electron chi connectivity index (χ3n) is 4.88. The maximum absolute atomic E-state index is 12.0. The van der Waals surface area contributed by atoms with Crippen molar-refractivity contribution in [3.63, 3.8) is 0 Å². The summed E-state index contributed by atoms with van der Waals surface area (Å²) in [6, 6.07) is 0.525. The molecule has 2 fully saturated rings. The Morgan fingerprint density at radius 2 is 2.10 bits per heavy atom. The van der Waals surface area contributed by atoms with E-state index in [1.807, 2.05) is 6.92 Å². The zero-order valence-corrected chi connectivity index (χ0v) is 14.0. The van der Waals surface area contributed by atoms with E-state index in [2.05, 4.69) is 17.1 Å². The Morgan fingerprint density at radius 1 is 1.33 bits per heavy atom. The van der Waals surface area contributed by atoms with Crippen LogP contribution in [-0.4, -0.2) is 49.2 Å². The summed E-state index contributed by atoms with van der Waals surface area (Å²) in [5.41, 5.74) is -0.495. The van der Waals surface area contributed by atoms with Crippen molar-refractivity contribution in [2.24, 2.45) is 5.92 Å². The second-order valence-corrected chi connectivity index (χ2v) is 7.25. The highest BCUT2D eigenvalue weighted by molar-refractivity contribution is 5.80. The maximum Gasteiger partial charge on any atom is 0.325 e. The zero-order valence-electron chi connectivity index (χ0n) is 14.0. The summed E-state index contributed by atoms with van der Waals surface area (Å²) in [6.07, 6.45) is 8.23. The van der Waals surface area contributed by atoms with Gasteiger partial charge in [0, 0.05) is 12.6 Å². The first-order chi connectivity index (χ1) is 10.0. The Hall–Kier alpha value is -0.610. The van der Waals surface area contributed by atoms with Gasteiger partial charge in [0.2, 0.25) is 0 Å². The number of rotatable bonds is 8. The lowest BCUT2D eigenvalue weighted by atomic mass is 9.94. The summed E-state index contributed by atoms with van der Waals surface area (Å²) in [5, 5.41) is 3.48. The third-order valence-corrected chi connectivity index (χ3v) is 4.88. The van der Waals surface area contributed by atoms with Gasteiger partial charge >= 0.3 is 5.97 Å². The quantitative estimate of drug-likeness (QED) is 0.552. The molecule has 0 bridgehead atoms. The van der Waals surface area contributed by atoms with E-state index >= 15 is 0 Å². The van der Waals surface area contributed by atoms with Crippen molar-refractivity contribution in [2.45, 2.75) is 70.4 Å². The summed E-state index contributed by atoms with van der Waals surface area (Å²) in [7, 11) is 1.49. The number of hydrogen-bond acceptors (Lipinski definition) is 4. The lowest BCUT2D eigenvalue weighted by Gasteiger charge is -2.31. The highest BCUT2D eigenvalue weighted by Gasteiger charge is 2.38. The summed E-state index contributed by atoms with van der Waals surface area (Å²) in [5.74, 6) is 0.733. The van der Waals surface area contributed by atoms with Crippen molar-refractivity contribution in [3.8, 4) is 0 Å². The molecule has 0 amide bonds. The van der Waals surface area contributed by atoms with Gasteiger partial charge in [-0.3, -0.25) is 10.1 Å². The van der Waals surface area contributed by atoms with Crippen LogP contribution in [0.4, 0.5) is 0 Å². The molecule has 1 saturated heterocycles. The van der Waals surface area contributed by atoms with Crippen LogP contribution in [0.3, 0.4) is 0 Å². The number of esters is 1. The van der Waals surface area contributed by atoms with Crippen molar-refractivity contribution in [1.82, 2.24) is 10.2 Å². The number of nitrogens with zero attached hydrogens (tertiary/aromatic N) is 1. The molecule has 0 aromatic carbocycles. The zero-order chi connectivity index (χ0) is 15.3. The molecule has 1 N–H and O–H groups in total. The topological polar surface area (TPSA) is 41.6 Å². The molecule has 0 aromatic rings. The minimum absolute atomic E-state index is 0.110. The number of hydrogen-bond donors (Lipinski definition) is 1. The molecule has 1 aliphatic heterocycles. The molecule has 21 heavy (non-hydrogen) atoms. The standard InChI is InChI=1S/C17H32N2O2/c1-14-7-6-12-19(13-14)11-5-4-10-17(2,16(20)21-3)18-15-8-9-15/h14-15,18H,4-13H2,1-3H3. The van der Waals surface area contributed by atoms with E-state index in [4.69, 9.17) is 4.74 Å². The molecule has 122 valence electrons. The number of carbonyl (C=O) groups is 1. The van der Waals surface area contributed by atoms with E-state index < -0.39 is 5.54 Å². The molecule has 0 radical (unpaired) electrons. The fourth-order valence-corrected chi connectivity index (χ4v) is 3.44. The van der Waals surface area contributed by atoms with E-state index in [1.165, 1.54) is 58.8 Å². The first kappa shape index (κ1) is 16.8. The molecule has 0 aromatic heterocycles. The van der Waals surface area contributed by atoms with Gasteiger partial charge in [0.1, 0.15) is 5.54 Å². The number of nitrogens with one attached hydrogen (secondary N) is 1. The molecular formula is C17H32N2O2. The van der Waals surface area contributed by atoms with Crippen molar-refractivity contribution < 1.29 is 9.53 Å². The first-order valence-electron chi connectivity index (χ1n) is 8.62. The van der Waals surface area contributed by atoms with Crippen molar-refractivity contribution in [2.75, 3.05) is 26.7 Å². The fraction of sp³-hybridized carbons (Fsp3) is 0.941. The monoisotopic (exact) mass is 296 g/mol. The lowest BCUT2D eigenvalue weighted by molar-refractivity contribution is -0.148. The Bertz CT molecular complexity index is 344. The average Bonchev–Trinajstić information content (AvgIpc) is 3.26. The van der Waals surface area contributed by atoms with Crippen LogP contribution in [0.5, 0.6) is 0 Å². The molecule has 4 nitrogen and oxygen atoms in total. The summed E-state index contributed by atoms with van der Waals surface area (Å²) in [4.78, 5) is 14.6. The van der Waals surface area contributed by atoms with E-state index in [0.29, 0.717) is 6.04 Å². The maximum atomic E-state index is 12.0. The molecule has 1 heterocycles. The van der Waals surface area contributed by atoms with Gasteiger partial charge in [-0.2, -0.15) is 0 Å². The van der Waals surface area contributed by atoms with E-state index in [0.717, 1.165) is 18.8 Å². The largest absolute Gasteiger partial charge is 0.468 e. The summed E-state index contributed by atoms with van der Waals surface area (Å²) >= 11 is 0. The van der Waals surface area contributed by atoms with Crippen molar-refractivity contribution in [3.05, 3.63) is 0 Å².